The maximum atomic E-state index is 13.5. The van der Waals surface area contributed by atoms with Crippen LogP contribution in [0.5, 0.6) is 5.75 Å². The molecule has 0 aliphatic rings. The molecule has 9 heteroatoms. The van der Waals surface area contributed by atoms with Crippen LogP contribution in [0.2, 0.25) is 0 Å². The van der Waals surface area contributed by atoms with E-state index >= 15 is 0 Å². The molecule has 2 aromatic carbocycles. The topological polar surface area (TPSA) is 82.1 Å². The first-order chi connectivity index (χ1) is 16.2. The number of carbonyl (C=O) groups excluding carboxylic acids is 2. The summed E-state index contributed by atoms with van der Waals surface area (Å²) >= 11 is 5.38. The lowest BCUT2D eigenvalue weighted by Crippen LogP contribution is -2.43. The van der Waals surface area contributed by atoms with Crippen LogP contribution in [0, 0.1) is 6.92 Å². The van der Waals surface area contributed by atoms with E-state index in [4.69, 9.17) is 24.8 Å². The molecule has 2 rings (SSSR count). The highest BCUT2D eigenvalue weighted by atomic mass is 32.8. The highest BCUT2D eigenvalue weighted by Crippen LogP contribution is 2.37. The molecule has 0 aromatic heterocycles. The third kappa shape index (κ3) is 8.20. The van der Waals surface area contributed by atoms with E-state index in [2.05, 4.69) is 0 Å². The molecule has 2 aromatic rings. The van der Waals surface area contributed by atoms with Crippen molar-refractivity contribution in [2.24, 2.45) is 0 Å². The minimum absolute atomic E-state index is 0.135. The van der Waals surface area contributed by atoms with Crippen LogP contribution in [0.15, 0.2) is 47.4 Å². The summed E-state index contributed by atoms with van der Waals surface area (Å²) in [6.07, 6.45) is -1.83. The van der Waals surface area contributed by atoms with Gasteiger partial charge < -0.3 is 13.7 Å². The van der Waals surface area contributed by atoms with Crippen molar-refractivity contribution >= 4 is 37.8 Å². The van der Waals surface area contributed by atoms with Gasteiger partial charge in [0.2, 0.25) is 8.77 Å². The highest BCUT2D eigenvalue weighted by Gasteiger charge is 2.34. The number of rotatable bonds is 4. The lowest BCUT2D eigenvalue weighted by atomic mass is 9.86. The van der Waals surface area contributed by atoms with E-state index in [1.54, 1.807) is 77.9 Å². The molecule has 0 heterocycles. The quantitative estimate of drug-likeness (QED) is 0.414. The summed E-state index contributed by atoms with van der Waals surface area (Å²) < 4.78 is 30.4. The van der Waals surface area contributed by atoms with Crippen LogP contribution in [0.3, 0.4) is 0 Å². The van der Waals surface area contributed by atoms with Gasteiger partial charge in [-0.3, -0.25) is 0 Å². The normalized spacial score (nSPS) is 13.9. The summed E-state index contributed by atoms with van der Waals surface area (Å²) in [5, 5.41) is 0. The first-order valence-corrected chi connectivity index (χ1v) is 14.0. The van der Waals surface area contributed by atoms with Gasteiger partial charge in [-0.1, -0.05) is 44.5 Å². The minimum Gasteiger partial charge on any atom is -0.443 e. The Kier molecular flexibility index (Phi) is 8.53. The fraction of sp³-hybridized carbons (Fsp3) is 0.481. The Morgan fingerprint density at radius 3 is 1.69 bits per heavy atom. The molecule has 2 amide bonds. The van der Waals surface area contributed by atoms with Crippen molar-refractivity contribution < 1.29 is 27.5 Å². The molecule has 36 heavy (non-hydrogen) atoms. The third-order valence-corrected chi connectivity index (χ3v) is 6.72. The van der Waals surface area contributed by atoms with E-state index in [-0.39, 0.29) is 11.4 Å². The predicted octanol–water partition coefficient (Wildman–Crippen LogP) is 7.07. The molecule has 0 aliphatic carbocycles. The fourth-order valence-electron chi connectivity index (χ4n) is 3.11. The zero-order chi connectivity index (χ0) is 27.7. The number of imide groups is 1. The number of ether oxygens (including phenoxy) is 2. The van der Waals surface area contributed by atoms with Crippen LogP contribution in [0.25, 0.3) is 0 Å². The molecular weight excluding hydrogens is 498 g/mol. The lowest BCUT2D eigenvalue weighted by Gasteiger charge is -2.30. The summed E-state index contributed by atoms with van der Waals surface area (Å²) in [6, 6.07) is 11.7. The Morgan fingerprint density at radius 1 is 0.806 bits per heavy atom. The number of nitrogens with zero attached hydrogens (tertiary/aromatic N) is 1. The Hall–Kier alpha value is -2.65. The number of benzene rings is 2. The maximum absolute atomic E-state index is 13.5. The third-order valence-electron chi connectivity index (χ3n) is 4.69. The van der Waals surface area contributed by atoms with Gasteiger partial charge in [0.05, 0.1) is 10.6 Å². The number of anilines is 1. The van der Waals surface area contributed by atoms with Gasteiger partial charge in [-0.15, -0.1) is 0 Å². The highest BCUT2D eigenvalue weighted by molar-refractivity contribution is 8.30. The Labute approximate surface area is 220 Å². The fourth-order valence-corrected chi connectivity index (χ4v) is 4.60. The number of amides is 2. The van der Waals surface area contributed by atoms with Gasteiger partial charge in [-0.25, -0.2) is 13.8 Å². The molecule has 1 atom stereocenters. The SMILES string of the molecule is Cc1ccc(S(=O)(=S)Oc2cc(N(C(=O)OC(C)(C)C)C(=O)OC(C)(C)C)ccc2C(C)(C)C)cc1. The number of hydrogen-bond donors (Lipinski definition) is 0. The van der Waals surface area contributed by atoms with Gasteiger partial charge in [0.15, 0.2) is 0 Å². The summed E-state index contributed by atoms with van der Waals surface area (Å²) in [5.41, 5.74) is -0.314. The first-order valence-electron chi connectivity index (χ1n) is 11.6. The van der Waals surface area contributed by atoms with Crippen molar-refractivity contribution in [3.05, 3.63) is 53.6 Å². The van der Waals surface area contributed by atoms with Gasteiger partial charge in [-0.2, -0.15) is 4.90 Å². The Balaban J connectivity index is 2.65. The first kappa shape index (κ1) is 29.6. The molecule has 0 N–H and O–H groups in total. The smallest absolute Gasteiger partial charge is 0.424 e. The van der Waals surface area contributed by atoms with Crippen LogP contribution >= 0.6 is 0 Å². The summed E-state index contributed by atoms with van der Waals surface area (Å²) in [5.74, 6) is 0.192. The van der Waals surface area contributed by atoms with Gasteiger partial charge in [-0.05, 0) is 72.1 Å². The van der Waals surface area contributed by atoms with Gasteiger partial charge in [0.25, 0.3) is 0 Å². The second-order valence-corrected chi connectivity index (χ2v) is 14.4. The maximum Gasteiger partial charge on any atom is 0.424 e. The summed E-state index contributed by atoms with van der Waals surface area (Å²) in [7, 11) is -3.37. The standard InChI is InChI=1S/C27H37NO6S2/c1-18-11-14-20(15-12-18)36(31,35)34-22-17-19(13-16-21(22)25(2,3)4)28(23(29)32-26(5,6)7)24(30)33-27(8,9)10/h11-17H,1-10H3. The van der Waals surface area contributed by atoms with E-state index in [0.29, 0.717) is 10.5 Å². The van der Waals surface area contributed by atoms with E-state index in [1.807, 2.05) is 27.7 Å². The predicted molar refractivity (Wildman–Crippen MR) is 146 cm³/mol. The van der Waals surface area contributed by atoms with Gasteiger partial charge in [0, 0.05) is 22.8 Å². The molecule has 0 saturated carbocycles. The molecule has 0 aliphatic heterocycles. The minimum atomic E-state index is -3.37. The van der Waals surface area contributed by atoms with Crippen molar-refractivity contribution in [1.82, 2.24) is 0 Å². The average Bonchev–Trinajstić information content (AvgIpc) is 2.64. The van der Waals surface area contributed by atoms with E-state index < -0.39 is 37.6 Å². The molecule has 0 fully saturated rings. The molecular formula is C27H37NO6S2. The number of hydrogen-bond acceptors (Lipinski definition) is 7. The molecule has 0 spiro atoms. The lowest BCUT2D eigenvalue weighted by molar-refractivity contribution is 0.0430. The molecule has 1 unspecified atom stereocenters. The average molecular weight is 536 g/mol. The van der Waals surface area contributed by atoms with Crippen LogP contribution in [-0.2, 0) is 34.8 Å². The number of carbonyl (C=O) groups is 2. The molecule has 0 radical (unpaired) electrons. The zero-order valence-corrected chi connectivity index (χ0v) is 24.4. The monoisotopic (exact) mass is 535 g/mol. The summed E-state index contributed by atoms with van der Waals surface area (Å²) in [4.78, 5) is 27.4. The zero-order valence-electron chi connectivity index (χ0n) is 22.8. The second kappa shape index (κ2) is 10.4. The molecule has 0 bridgehead atoms. The van der Waals surface area contributed by atoms with Crippen molar-refractivity contribution in [3.63, 3.8) is 0 Å². The van der Waals surface area contributed by atoms with Crippen LogP contribution < -0.4 is 9.08 Å². The van der Waals surface area contributed by atoms with Crippen LogP contribution in [-0.4, -0.2) is 27.6 Å². The molecule has 7 nitrogen and oxygen atoms in total. The van der Waals surface area contributed by atoms with E-state index in [1.165, 1.54) is 6.07 Å². The van der Waals surface area contributed by atoms with Crippen molar-refractivity contribution in [2.45, 2.75) is 90.7 Å². The Morgan fingerprint density at radius 2 is 1.28 bits per heavy atom. The Bertz CT molecular complexity index is 1190. The summed E-state index contributed by atoms with van der Waals surface area (Å²) in [6.45, 7) is 18.0. The van der Waals surface area contributed by atoms with Crippen molar-refractivity contribution in [2.75, 3.05) is 4.90 Å². The van der Waals surface area contributed by atoms with Crippen LogP contribution in [0.4, 0.5) is 15.3 Å². The molecule has 0 saturated heterocycles. The second-order valence-electron chi connectivity index (χ2n) is 11.6. The van der Waals surface area contributed by atoms with Gasteiger partial charge >= 0.3 is 12.2 Å². The number of aryl methyl sites for hydroxylation is 1. The molecule has 198 valence electrons. The van der Waals surface area contributed by atoms with Crippen molar-refractivity contribution in [1.29, 1.82) is 0 Å². The van der Waals surface area contributed by atoms with Crippen LogP contribution in [0.1, 0.15) is 73.4 Å². The van der Waals surface area contributed by atoms with E-state index in [9.17, 15) is 13.8 Å². The van der Waals surface area contributed by atoms with Gasteiger partial charge in [0.1, 0.15) is 17.0 Å². The van der Waals surface area contributed by atoms with Crippen molar-refractivity contribution in [3.8, 4) is 5.75 Å². The largest absolute Gasteiger partial charge is 0.443 e. The van der Waals surface area contributed by atoms with E-state index in [0.717, 1.165) is 10.5 Å².